The number of hydrazine groups is 1. The van der Waals surface area contributed by atoms with Gasteiger partial charge >= 0.3 is 0 Å². The van der Waals surface area contributed by atoms with Gasteiger partial charge in [0.25, 0.3) is 0 Å². The molecule has 0 bridgehead atoms. The molecule has 0 radical (unpaired) electrons. The molecule has 1 atom stereocenters. The molecule has 0 aliphatic rings. The van der Waals surface area contributed by atoms with Gasteiger partial charge in [0.1, 0.15) is 0 Å². The van der Waals surface area contributed by atoms with E-state index in [1.807, 2.05) is 36.3 Å². The molecule has 0 saturated carbocycles. The first kappa shape index (κ1) is 12.6. The molecule has 6 heteroatoms. The van der Waals surface area contributed by atoms with Crippen LogP contribution in [-0.4, -0.2) is 9.78 Å². The smallest absolute Gasteiger partial charge is 0.0931 e. The third-order valence-corrected chi connectivity index (χ3v) is 3.96. The monoisotopic (exact) mass is 270 g/mol. The van der Waals surface area contributed by atoms with Crippen LogP contribution in [0, 0.1) is 0 Å². The molecule has 0 aromatic carbocycles. The number of aromatic nitrogens is 2. The van der Waals surface area contributed by atoms with Crippen LogP contribution in [0.5, 0.6) is 0 Å². The first-order valence-electron chi connectivity index (χ1n) is 5.38. The summed E-state index contributed by atoms with van der Waals surface area (Å²) in [6, 6.07) is 4.06. The molecule has 4 nitrogen and oxygen atoms in total. The van der Waals surface area contributed by atoms with Crippen molar-refractivity contribution in [1.29, 1.82) is 0 Å². The van der Waals surface area contributed by atoms with E-state index in [4.69, 9.17) is 17.4 Å². The lowest BCUT2D eigenvalue weighted by atomic mass is 10.1. The van der Waals surface area contributed by atoms with Crippen LogP contribution in [0.1, 0.15) is 22.9 Å². The van der Waals surface area contributed by atoms with Crippen LogP contribution in [0.25, 0.3) is 0 Å². The van der Waals surface area contributed by atoms with Gasteiger partial charge in [-0.3, -0.25) is 16.0 Å². The predicted molar refractivity (Wildman–Crippen MR) is 70.9 cm³/mol. The molecule has 92 valence electrons. The second kappa shape index (κ2) is 5.64. The Morgan fingerprint density at radius 3 is 2.94 bits per heavy atom. The average molecular weight is 271 g/mol. The number of aryl methyl sites for hydroxylation is 2. The Labute approximate surface area is 109 Å². The molecule has 0 amide bonds. The molecule has 1 unspecified atom stereocenters. The Morgan fingerprint density at radius 1 is 1.59 bits per heavy atom. The number of thiophene rings is 1. The van der Waals surface area contributed by atoms with Crippen molar-refractivity contribution in [2.75, 3.05) is 0 Å². The molecule has 2 aromatic rings. The van der Waals surface area contributed by atoms with Crippen LogP contribution in [0.3, 0.4) is 0 Å². The molecule has 0 aliphatic heterocycles. The Bertz CT molecular complexity index is 479. The lowest BCUT2D eigenvalue weighted by Gasteiger charge is -2.13. The molecule has 2 aromatic heterocycles. The number of nitrogens with one attached hydrogen (secondary N) is 1. The van der Waals surface area contributed by atoms with Gasteiger partial charge in [-0.1, -0.05) is 11.6 Å². The zero-order chi connectivity index (χ0) is 12.3. The summed E-state index contributed by atoms with van der Waals surface area (Å²) in [6.07, 6.45) is 5.78. The summed E-state index contributed by atoms with van der Waals surface area (Å²) in [6.45, 7) is 0. The van der Waals surface area contributed by atoms with Gasteiger partial charge in [-0.25, -0.2) is 0 Å². The maximum absolute atomic E-state index is 5.92. The Morgan fingerprint density at radius 2 is 2.41 bits per heavy atom. The van der Waals surface area contributed by atoms with E-state index in [0.29, 0.717) is 0 Å². The van der Waals surface area contributed by atoms with Gasteiger partial charge in [-0.2, -0.15) is 5.10 Å². The van der Waals surface area contributed by atoms with Crippen LogP contribution >= 0.6 is 22.9 Å². The van der Waals surface area contributed by atoms with E-state index in [-0.39, 0.29) is 6.04 Å². The minimum Gasteiger partial charge on any atom is -0.276 e. The summed E-state index contributed by atoms with van der Waals surface area (Å²) in [5, 5.41) is 4.14. The molecule has 0 fully saturated rings. The van der Waals surface area contributed by atoms with Gasteiger partial charge < -0.3 is 0 Å². The van der Waals surface area contributed by atoms with Gasteiger partial charge in [-0.05, 0) is 30.5 Å². The largest absolute Gasteiger partial charge is 0.276 e. The first-order valence-corrected chi connectivity index (χ1v) is 6.57. The number of rotatable bonds is 5. The Kier molecular flexibility index (Phi) is 4.17. The molecule has 0 spiro atoms. The van der Waals surface area contributed by atoms with Crippen molar-refractivity contribution >= 4 is 22.9 Å². The molecule has 3 N–H and O–H groups in total. The highest BCUT2D eigenvalue weighted by atomic mass is 35.5. The summed E-state index contributed by atoms with van der Waals surface area (Å²) in [7, 11) is 1.92. The number of hydrogen-bond donors (Lipinski definition) is 2. The maximum atomic E-state index is 5.92. The second-order valence-corrected chi connectivity index (χ2v) is 5.67. The maximum Gasteiger partial charge on any atom is 0.0931 e. The number of hydrogen-bond acceptors (Lipinski definition) is 4. The van der Waals surface area contributed by atoms with Crippen molar-refractivity contribution in [3.05, 3.63) is 39.3 Å². The average Bonchev–Trinajstić information content (AvgIpc) is 2.89. The van der Waals surface area contributed by atoms with Crippen LogP contribution in [-0.2, 0) is 13.5 Å². The fourth-order valence-electron chi connectivity index (χ4n) is 1.74. The number of halogens is 1. The van der Waals surface area contributed by atoms with Crippen LogP contribution in [0.15, 0.2) is 24.5 Å². The minimum absolute atomic E-state index is 0.146. The highest BCUT2D eigenvalue weighted by Crippen LogP contribution is 2.28. The van der Waals surface area contributed by atoms with Crippen molar-refractivity contribution in [2.24, 2.45) is 12.9 Å². The molecule has 0 aliphatic carbocycles. The zero-order valence-electron chi connectivity index (χ0n) is 9.56. The summed E-state index contributed by atoms with van der Waals surface area (Å²) in [4.78, 5) is 1.17. The van der Waals surface area contributed by atoms with Crippen molar-refractivity contribution < 1.29 is 0 Å². The molecular formula is C11H15ClN4S. The summed E-state index contributed by atoms with van der Waals surface area (Å²) in [5.41, 5.74) is 4.05. The van der Waals surface area contributed by atoms with Gasteiger partial charge in [0.2, 0.25) is 0 Å². The predicted octanol–water partition coefficient (Wildman–Crippen LogP) is 2.27. The summed E-state index contributed by atoms with van der Waals surface area (Å²) < 4.78 is 2.60. The third-order valence-electron chi connectivity index (χ3n) is 2.62. The van der Waals surface area contributed by atoms with E-state index >= 15 is 0 Å². The topological polar surface area (TPSA) is 55.9 Å². The van der Waals surface area contributed by atoms with E-state index in [9.17, 15) is 0 Å². The van der Waals surface area contributed by atoms with Gasteiger partial charge in [-0.15, -0.1) is 11.3 Å². The SMILES string of the molecule is Cn1cc(CCC(NN)c2ccc(Cl)s2)cn1. The lowest BCUT2D eigenvalue weighted by Crippen LogP contribution is -2.27. The van der Waals surface area contributed by atoms with Crippen molar-refractivity contribution in [3.8, 4) is 0 Å². The fourth-order valence-corrected chi connectivity index (χ4v) is 2.89. The van der Waals surface area contributed by atoms with Crippen molar-refractivity contribution in [2.45, 2.75) is 18.9 Å². The Balaban J connectivity index is 1.96. The highest BCUT2D eigenvalue weighted by molar-refractivity contribution is 7.16. The van der Waals surface area contributed by atoms with E-state index in [1.54, 1.807) is 11.3 Å². The van der Waals surface area contributed by atoms with Gasteiger partial charge in [0.15, 0.2) is 0 Å². The van der Waals surface area contributed by atoms with Crippen LogP contribution in [0.2, 0.25) is 4.34 Å². The van der Waals surface area contributed by atoms with Gasteiger partial charge in [0, 0.05) is 18.1 Å². The molecular weight excluding hydrogens is 256 g/mol. The third kappa shape index (κ3) is 3.29. The van der Waals surface area contributed by atoms with Crippen LogP contribution in [0.4, 0.5) is 0 Å². The molecule has 17 heavy (non-hydrogen) atoms. The molecule has 0 saturated heterocycles. The number of nitrogens with two attached hydrogens (primary N) is 1. The standard InChI is InChI=1S/C11H15ClN4S/c1-16-7-8(6-14-16)2-3-9(15-13)10-4-5-11(12)17-10/h4-7,9,15H,2-3,13H2,1H3. The summed E-state index contributed by atoms with van der Waals surface area (Å²) in [5.74, 6) is 5.58. The second-order valence-electron chi connectivity index (χ2n) is 3.92. The number of nitrogens with zero attached hydrogens (tertiary/aromatic N) is 2. The quantitative estimate of drug-likeness (QED) is 0.647. The molecule has 2 rings (SSSR count). The highest BCUT2D eigenvalue weighted by Gasteiger charge is 2.12. The van der Waals surface area contributed by atoms with E-state index in [2.05, 4.69) is 10.5 Å². The van der Waals surface area contributed by atoms with Gasteiger partial charge in [0.05, 0.1) is 16.6 Å². The van der Waals surface area contributed by atoms with Crippen LogP contribution < -0.4 is 11.3 Å². The van der Waals surface area contributed by atoms with Crippen molar-refractivity contribution in [1.82, 2.24) is 15.2 Å². The minimum atomic E-state index is 0.146. The normalized spacial score (nSPS) is 12.9. The van der Waals surface area contributed by atoms with E-state index in [0.717, 1.165) is 17.2 Å². The Hall–Kier alpha value is -0.880. The zero-order valence-corrected chi connectivity index (χ0v) is 11.1. The first-order chi connectivity index (χ1) is 8.19. The van der Waals surface area contributed by atoms with E-state index in [1.165, 1.54) is 10.4 Å². The lowest BCUT2D eigenvalue weighted by molar-refractivity contribution is 0.524. The fraction of sp³-hybridized carbons (Fsp3) is 0.364. The summed E-state index contributed by atoms with van der Waals surface area (Å²) >= 11 is 7.48. The van der Waals surface area contributed by atoms with Crippen molar-refractivity contribution in [3.63, 3.8) is 0 Å². The molecule has 2 heterocycles. The van der Waals surface area contributed by atoms with E-state index < -0.39 is 0 Å².